The molecular formula is C12H25N4OY3-3. The molecule has 5 nitrogen and oxygen atoms in total. The van der Waals surface area contributed by atoms with E-state index in [4.69, 9.17) is 0 Å². The molecule has 0 aliphatic heterocycles. The second kappa shape index (κ2) is 19.9. The van der Waals surface area contributed by atoms with Crippen LogP contribution in [0.2, 0.25) is 0 Å². The molecule has 111 valence electrons. The van der Waals surface area contributed by atoms with Crippen LogP contribution in [0.15, 0.2) is 0 Å². The second-order valence-corrected chi connectivity index (χ2v) is 4.49. The van der Waals surface area contributed by atoms with Crippen molar-refractivity contribution in [2.45, 2.75) is 32.9 Å². The van der Waals surface area contributed by atoms with E-state index in [1.165, 1.54) is 0 Å². The van der Waals surface area contributed by atoms with Crippen LogP contribution in [-0.2, 0) is 103 Å². The SMILES string of the molecule is C[N-]CC(C)[N-]CN(CC(C)=O)CC(C)[N-]C.[Y].[Y].[Y]. The normalized spacial score (nSPS) is 12.7. The van der Waals surface area contributed by atoms with E-state index in [-0.39, 0.29) is 116 Å². The molecule has 0 aromatic heterocycles. The number of carbonyl (C=O) groups is 1. The topological polar surface area (TPSA) is 62.6 Å². The Morgan fingerprint density at radius 3 is 2.05 bits per heavy atom. The van der Waals surface area contributed by atoms with Crippen LogP contribution in [0.4, 0.5) is 0 Å². The van der Waals surface area contributed by atoms with Crippen LogP contribution < -0.4 is 0 Å². The monoisotopic (exact) mass is 508 g/mol. The van der Waals surface area contributed by atoms with Crippen LogP contribution in [0, 0.1) is 0 Å². The number of nitrogens with zero attached hydrogens (tertiary/aromatic N) is 4. The van der Waals surface area contributed by atoms with Gasteiger partial charge in [-0.3, -0.25) is 4.79 Å². The van der Waals surface area contributed by atoms with E-state index in [1.807, 2.05) is 18.7 Å². The largest absolute Gasteiger partial charge is 0.666 e. The van der Waals surface area contributed by atoms with Gasteiger partial charge in [-0.2, -0.15) is 26.7 Å². The fourth-order valence-electron chi connectivity index (χ4n) is 1.52. The molecule has 0 aromatic carbocycles. The third kappa shape index (κ3) is 18.9. The maximum absolute atomic E-state index is 11.2. The molecule has 0 aromatic rings. The van der Waals surface area contributed by atoms with Crippen molar-refractivity contribution in [3.05, 3.63) is 16.0 Å². The van der Waals surface area contributed by atoms with Gasteiger partial charge in [-0.1, -0.05) is 20.5 Å². The summed E-state index contributed by atoms with van der Waals surface area (Å²) in [6, 6.07) is 0.444. The molecule has 0 fully saturated rings. The molecule has 0 rings (SSSR count). The standard InChI is InChI=1S/C12H25N4O.3Y/c1-10(6-13-4)15-9-16(8-12(3)17)7-11(2)14-5;;;/h10-11H,6-9H2,1-5H3;;;/q-3;;;. The number of ketones is 1. The van der Waals surface area contributed by atoms with Crippen LogP contribution in [-0.4, -0.2) is 63.2 Å². The summed E-state index contributed by atoms with van der Waals surface area (Å²) in [7, 11) is 3.59. The molecule has 2 unspecified atom stereocenters. The van der Waals surface area contributed by atoms with Gasteiger partial charge in [-0.25, -0.2) is 0 Å². The molecule has 0 spiro atoms. The number of Topliss-reactive ketones (excluding diaryl/α,β-unsaturated/α-hetero) is 1. The van der Waals surface area contributed by atoms with Crippen molar-refractivity contribution >= 4 is 5.78 Å². The molecule has 0 amide bonds. The maximum atomic E-state index is 11.2. The van der Waals surface area contributed by atoms with E-state index in [2.05, 4.69) is 16.0 Å². The predicted molar refractivity (Wildman–Crippen MR) is 72.8 cm³/mol. The number of likely N-dealkylation sites (N-methyl/N-ethyl adjacent to an activating group) is 2. The van der Waals surface area contributed by atoms with Crippen molar-refractivity contribution in [3.8, 4) is 0 Å². The minimum absolute atomic E-state index is 0. The van der Waals surface area contributed by atoms with Gasteiger partial charge in [0.25, 0.3) is 0 Å². The maximum Gasteiger partial charge on any atom is 0.143 e. The van der Waals surface area contributed by atoms with Crippen molar-refractivity contribution < 1.29 is 103 Å². The van der Waals surface area contributed by atoms with E-state index in [9.17, 15) is 4.79 Å². The van der Waals surface area contributed by atoms with Crippen LogP contribution in [0.1, 0.15) is 20.8 Å². The number of hydrogen-bond donors (Lipinski definition) is 0. The van der Waals surface area contributed by atoms with Gasteiger partial charge in [0.05, 0.1) is 6.54 Å². The van der Waals surface area contributed by atoms with Gasteiger partial charge in [0.15, 0.2) is 0 Å². The molecule has 0 bridgehead atoms. The Hall–Kier alpha value is 2.82. The minimum atomic E-state index is 0. The summed E-state index contributed by atoms with van der Waals surface area (Å²) in [5.74, 6) is 0.163. The van der Waals surface area contributed by atoms with Crippen molar-refractivity contribution in [3.63, 3.8) is 0 Å². The average Bonchev–Trinajstić information content (AvgIpc) is 2.25. The fourth-order valence-corrected chi connectivity index (χ4v) is 1.52. The van der Waals surface area contributed by atoms with Crippen LogP contribution >= 0.6 is 0 Å². The molecule has 2 atom stereocenters. The number of hydrogen-bond acceptors (Lipinski definition) is 2. The zero-order valence-corrected chi connectivity index (χ0v) is 21.9. The first-order valence-corrected chi connectivity index (χ1v) is 6.02. The fraction of sp³-hybridized carbons (Fsp3) is 0.917. The van der Waals surface area contributed by atoms with Gasteiger partial charge in [0.1, 0.15) is 5.78 Å². The number of carbonyl (C=O) groups excluding carboxylic acids is 1. The Kier molecular flexibility index (Phi) is 30.5. The molecule has 0 saturated heterocycles. The van der Waals surface area contributed by atoms with Gasteiger partial charge in [0, 0.05) is 98.1 Å². The van der Waals surface area contributed by atoms with Crippen molar-refractivity contribution in [1.29, 1.82) is 0 Å². The summed E-state index contributed by atoms with van der Waals surface area (Å²) in [5, 5.41) is 12.7. The first-order chi connectivity index (χ1) is 7.99. The average molecular weight is 508 g/mol. The molecule has 0 aliphatic carbocycles. The van der Waals surface area contributed by atoms with Gasteiger partial charge >= 0.3 is 0 Å². The summed E-state index contributed by atoms with van der Waals surface area (Å²) in [6.45, 7) is 8.21. The molecule has 0 saturated carbocycles. The molecule has 0 aliphatic rings. The quantitative estimate of drug-likeness (QED) is 0.454. The van der Waals surface area contributed by atoms with Crippen LogP contribution in [0.3, 0.4) is 0 Å². The third-order valence-corrected chi connectivity index (χ3v) is 2.45. The van der Waals surface area contributed by atoms with Crippen molar-refractivity contribution in [1.82, 2.24) is 4.90 Å². The summed E-state index contributed by atoms with van der Waals surface area (Å²) in [6.07, 6.45) is 0. The van der Waals surface area contributed by atoms with Gasteiger partial charge < -0.3 is 20.9 Å². The predicted octanol–water partition coefficient (Wildman–Crippen LogP) is 1.99. The zero-order chi connectivity index (χ0) is 13.3. The van der Waals surface area contributed by atoms with Crippen LogP contribution in [0.5, 0.6) is 0 Å². The summed E-state index contributed by atoms with van der Waals surface area (Å²) >= 11 is 0. The van der Waals surface area contributed by atoms with E-state index in [0.717, 1.165) is 13.1 Å². The smallest absolute Gasteiger partial charge is 0.143 e. The Morgan fingerprint density at radius 2 is 1.65 bits per heavy atom. The first-order valence-electron chi connectivity index (χ1n) is 6.02. The Labute approximate surface area is 199 Å². The van der Waals surface area contributed by atoms with Gasteiger partial charge in [-0.05, 0) is 13.5 Å². The Balaban J connectivity index is -0.000000427. The molecule has 20 heavy (non-hydrogen) atoms. The number of rotatable bonds is 10. The van der Waals surface area contributed by atoms with Gasteiger partial charge in [0.2, 0.25) is 0 Å². The van der Waals surface area contributed by atoms with E-state index in [0.29, 0.717) is 13.2 Å². The molecule has 8 heteroatoms. The summed E-state index contributed by atoms with van der Waals surface area (Å²) in [4.78, 5) is 13.2. The molecular weight excluding hydrogens is 483 g/mol. The van der Waals surface area contributed by atoms with Crippen molar-refractivity contribution in [2.75, 3.05) is 40.4 Å². The Bertz CT molecular complexity index is 223. The summed E-state index contributed by atoms with van der Waals surface area (Å²) in [5.41, 5.74) is 0. The second-order valence-electron chi connectivity index (χ2n) is 4.49. The van der Waals surface area contributed by atoms with Gasteiger partial charge in [-0.15, -0.1) is 6.04 Å². The minimum Gasteiger partial charge on any atom is -0.666 e. The van der Waals surface area contributed by atoms with E-state index < -0.39 is 0 Å². The summed E-state index contributed by atoms with van der Waals surface area (Å²) < 4.78 is 0. The van der Waals surface area contributed by atoms with Crippen molar-refractivity contribution in [2.24, 2.45) is 0 Å². The zero-order valence-electron chi connectivity index (χ0n) is 13.4. The Morgan fingerprint density at radius 1 is 1.10 bits per heavy atom. The third-order valence-electron chi connectivity index (χ3n) is 2.45. The van der Waals surface area contributed by atoms with E-state index in [1.54, 1.807) is 21.0 Å². The van der Waals surface area contributed by atoms with Crippen LogP contribution in [0.25, 0.3) is 16.0 Å². The molecule has 3 radical (unpaired) electrons. The van der Waals surface area contributed by atoms with E-state index >= 15 is 0 Å². The molecule has 0 N–H and O–H groups in total. The molecule has 0 heterocycles. The first kappa shape index (κ1) is 30.7.